The van der Waals surface area contributed by atoms with Crippen molar-refractivity contribution in [2.24, 2.45) is 45.3 Å². The molecule has 0 aromatic rings. The van der Waals surface area contributed by atoms with E-state index in [4.69, 9.17) is 9.47 Å². The number of ketones is 1. The molecule has 0 aromatic carbocycles. The summed E-state index contributed by atoms with van der Waals surface area (Å²) in [5, 5.41) is 32.4. The van der Waals surface area contributed by atoms with Crippen LogP contribution in [-0.4, -0.2) is 57.3 Å². The lowest BCUT2D eigenvalue weighted by molar-refractivity contribution is -0.353. The minimum atomic E-state index is -2.00. The van der Waals surface area contributed by atoms with Gasteiger partial charge < -0.3 is 24.8 Å². The van der Waals surface area contributed by atoms with Crippen molar-refractivity contribution in [3.63, 3.8) is 0 Å². The van der Waals surface area contributed by atoms with E-state index in [1.807, 2.05) is 0 Å². The Morgan fingerprint density at radius 3 is 2.36 bits per heavy atom. The average Bonchev–Trinajstić information content (AvgIpc) is 3.17. The maximum Gasteiger partial charge on any atom is 0.302 e. The van der Waals surface area contributed by atoms with E-state index < -0.39 is 22.9 Å². The Morgan fingerprint density at radius 2 is 1.77 bits per heavy atom. The lowest BCUT2D eigenvalue weighted by atomic mass is 9.37. The molecule has 0 amide bonds. The predicted molar refractivity (Wildman–Crippen MR) is 146 cm³/mol. The molecule has 3 saturated carbocycles. The van der Waals surface area contributed by atoms with Gasteiger partial charge in [-0.3, -0.25) is 9.59 Å². The fourth-order valence-corrected chi connectivity index (χ4v) is 10.6. The first-order chi connectivity index (χ1) is 17.8. The predicted octanol–water partition coefficient (Wildman–Crippen LogP) is 4.56. The van der Waals surface area contributed by atoms with Crippen molar-refractivity contribution in [3.05, 3.63) is 11.6 Å². The standard InChI is InChI=1S/C32H50O7/c1-18(33)39-26-16-23-27(2,3)24(34)12-14-30(23,7)22-11-13-29(6)20(9-10-21(29)31(22,26)8)19-15-25(35)32(37,38-17-19)28(4,5)36/h10,19-20,22-23,25-26,35-37H,9,11-17H2,1-8H3. The van der Waals surface area contributed by atoms with Crippen LogP contribution in [0, 0.1) is 45.3 Å². The van der Waals surface area contributed by atoms with E-state index in [1.165, 1.54) is 26.3 Å². The number of hydrogen-bond donors (Lipinski definition) is 3. The number of carbonyl (C=O) groups excluding carboxylic acids is 2. The summed E-state index contributed by atoms with van der Waals surface area (Å²) in [5.41, 5.74) is -1.23. The van der Waals surface area contributed by atoms with Gasteiger partial charge in [-0.15, -0.1) is 0 Å². The quantitative estimate of drug-likeness (QED) is 0.351. The molecule has 0 bridgehead atoms. The third-order valence-corrected chi connectivity index (χ3v) is 12.7. The van der Waals surface area contributed by atoms with Gasteiger partial charge >= 0.3 is 5.97 Å². The largest absolute Gasteiger partial charge is 0.462 e. The van der Waals surface area contributed by atoms with E-state index >= 15 is 0 Å². The van der Waals surface area contributed by atoms with Gasteiger partial charge in [-0.1, -0.05) is 46.3 Å². The molecule has 3 N–H and O–H groups in total. The monoisotopic (exact) mass is 546 g/mol. The number of rotatable bonds is 3. The Hall–Kier alpha value is -1.28. The minimum absolute atomic E-state index is 0.0202. The summed E-state index contributed by atoms with van der Waals surface area (Å²) in [5.74, 6) is -1.30. The maximum absolute atomic E-state index is 13.1. The van der Waals surface area contributed by atoms with Gasteiger partial charge in [0.25, 0.3) is 0 Å². The lowest BCUT2D eigenvalue weighted by Crippen LogP contribution is -2.66. The van der Waals surface area contributed by atoms with Gasteiger partial charge in [0.05, 0.1) is 6.61 Å². The molecule has 1 aliphatic heterocycles. The molecular formula is C32H50O7. The van der Waals surface area contributed by atoms with Crippen LogP contribution in [0.4, 0.5) is 0 Å². The summed E-state index contributed by atoms with van der Waals surface area (Å²) >= 11 is 0. The van der Waals surface area contributed by atoms with Crippen molar-refractivity contribution in [1.29, 1.82) is 0 Å². The fourth-order valence-electron chi connectivity index (χ4n) is 10.6. The summed E-state index contributed by atoms with van der Waals surface area (Å²) in [6.07, 6.45) is 6.20. The number of aliphatic hydroxyl groups is 3. The highest BCUT2D eigenvalue weighted by Crippen LogP contribution is 2.73. The number of allylic oxidation sites excluding steroid dienone is 1. The normalized spacial score (nSPS) is 49.4. The SMILES string of the molecule is CC(=O)OC1CC2C(C)(C)C(=O)CCC2(C)C2CCC3(C)C(=CCC3C3COC(O)(C(C)(C)O)C(O)C3)C12C. The summed E-state index contributed by atoms with van der Waals surface area (Å²) < 4.78 is 12.0. The van der Waals surface area contributed by atoms with Crippen molar-refractivity contribution in [2.75, 3.05) is 6.61 Å². The number of Topliss-reactive ketones (excluding diaryl/α,β-unsaturated/α-hetero) is 1. The highest BCUT2D eigenvalue weighted by Gasteiger charge is 2.69. The third-order valence-electron chi connectivity index (χ3n) is 12.7. The first-order valence-corrected chi connectivity index (χ1v) is 15.0. The highest BCUT2D eigenvalue weighted by molar-refractivity contribution is 5.85. The van der Waals surface area contributed by atoms with Gasteiger partial charge in [-0.2, -0.15) is 0 Å². The number of fused-ring (bicyclic) bond motifs is 5. The molecule has 39 heavy (non-hydrogen) atoms. The number of hydrogen-bond acceptors (Lipinski definition) is 7. The molecule has 5 rings (SSSR count). The second-order valence-corrected chi connectivity index (χ2v) is 15.4. The van der Waals surface area contributed by atoms with Crippen molar-refractivity contribution >= 4 is 11.8 Å². The Bertz CT molecular complexity index is 1070. The number of carbonyl (C=O) groups is 2. The van der Waals surface area contributed by atoms with E-state index in [0.29, 0.717) is 25.0 Å². The molecule has 1 saturated heterocycles. The van der Waals surface area contributed by atoms with E-state index in [-0.39, 0.29) is 58.6 Å². The van der Waals surface area contributed by atoms with Crippen LogP contribution in [0.5, 0.6) is 0 Å². The molecule has 0 aromatic heterocycles. The van der Waals surface area contributed by atoms with Crippen molar-refractivity contribution in [2.45, 2.75) is 124 Å². The summed E-state index contributed by atoms with van der Waals surface area (Å²) in [4.78, 5) is 25.5. The van der Waals surface area contributed by atoms with Crippen LogP contribution in [0.3, 0.4) is 0 Å². The molecule has 7 nitrogen and oxygen atoms in total. The molecule has 7 heteroatoms. The molecule has 10 atom stereocenters. The molecule has 1 heterocycles. The zero-order valence-electron chi connectivity index (χ0n) is 25.2. The molecule has 5 aliphatic rings. The van der Waals surface area contributed by atoms with Crippen molar-refractivity contribution < 1.29 is 34.4 Å². The first kappa shape index (κ1) is 29.2. The number of esters is 1. The van der Waals surface area contributed by atoms with Crippen LogP contribution in [0.1, 0.15) is 100 Å². The van der Waals surface area contributed by atoms with Crippen LogP contribution in [0.15, 0.2) is 11.6 Å². The van der Waals surface area contributed by atoms with E-state index in [9.17, 15) is 24.9 Å². The van der Waals surface area contributed by atoms with Crippen LogP contribution in [0.25, 0.3) is 0 Å². The van der Waals surface area contributed by atoms with Gasteiger partial charge in [0.2, 0.25) is 5.79 Å². The lowest BCUT2D eigenvalue weighted by Gasteiger charge is -2.68. The molecule has 220 valence electrons. The second kappa shape index (κ2) is 8.86. The zero-order valence-corrected chi connectivity index (χ0v) is 25.2. The van der Waals surface area contributed by atoms with Crippen LogP contribution >= 0.6 is 0 Å². The molecule has 4 fully saturated rings. The van der Waals surface area contributed by atoms with Crippen molar-refractivity contribution in [3.8, 4) is 0 Å². The number of aliphatic hydroxyl groups excluding tert-OH is 1. The second-order valence-electron chi connectivity index (χ2n) is 15.4. The van der Waals surface area contributed by atoms with E-state index in [1.54, 1.807) is 0 Å². The van der Waals surface area contributed by atoms with Gasteiger partial charge in [0, 0.05) is 24.2 Å². The smallest absolute Gasteiger partial charge is 0.302 e. The van der Waals surface area contributed by atoms with E-state index in [0.717, 1.165) is 25.7 Å². The highest BCUT2D eigenvalue weighted by atomic mass is 16.7. The molecular weight excluding hydrogens is 496 g/mol. The van der Waals surface area contributed by atoms with Crippen molar-refractivity contribution in [1.82, 2.24) is 0 Å². The Morgan fingerprint density at radius 1 is 1.10 bits per heavy atom. The fraction of sp³-hybridized carbons (Fsp3) is 0.875. The molecule has 10 unspecified atom stereocenters. The maximum atomic E-state index is 13.1. The minimum Gasteiger partial charge on any atom is -0.462 e. The third kappa shape index (κ3) is 3.89. The van der Waals surface area contributed by atoms with Gasteiger partial charge in [-0.25, -0.2) is 0 Å². The Labute approximate surface area is 233 Å². The van der Waals surface area contributed by atoms with Gasteiger partial charge in [0.15, 0.2) is 0 Å². The Balaban J connectivity index is 1.49. The Kier molecular flexibility index (Phi) is 6.64. The molecule has 0 radical (unpaired) electrons. The zero-order chi connectivity index (χ0) is 29.0. The summed E-state index contributed by atoms with van der Waals surface area (Å²) in [7, 11) is 0. The van der Waals surface area contributed by atoms with Crippen LogP contribution in [-0.2, 0) is 19.1 Å². The molecule has 0 spiro atoms. The van der Waals surface area contributed by atoms with Gasteiger partial charge in [-0.05, 0) is 86.9 Å². The van der Waals surface area contributed by atoms with Gasteiger partial charge in [0.1, 0.15) is 23.6 Å². The average molecular weight is 547 g/mol. The van der Waals surface area contributed by atoms with Crippen LogP contribution < -0.4 is 0 Å². The number of ether oxygens (including phenoxy) is 2. The molecule has 4 aliphatic carbocycles. The first-order valence-electron chi connectivity index (χ1n) is 15.0. The summed E-state index contributed by atoms with van der Waals surface area (Å²) in [6, 6.07) is 0. The summed E-state index contributed by atoms with van der Waals surface area (Å²) in [6.45, 7) is 15.9. The van der Waals surface area contributed by atoms with Crippen LogP contribution in [0.2, 0.25) is 0 Å². The van der Waals surface area contributed by atoms with E-state index in [2.05, 4.69) is 40.7 Å². The topological polar surface area (TPSA) is 113 Å².